The highest BCUT2D eigenvalue weighted by Gasteiger charge is 2.28. The predicted molar refractivity (Wildman–Crippen MR) is 55.2 cm³/mol. The summed E-state index contributed by atoms with van der Waals surface area (Å²) in [4.78, 5) is 6.40. The molecule has 0 spiro atoms. The summed E-state index contributed by atoms with van der Waals surface area (Å²) >= 11 is 0. The third-order valence-electron chi connectivity index (χ3n) is 2.68. The number of hydrogen-bond donors (Lipinski definition) is 2. The molecular weight excluding hydrogens is 164 g/mol. The van der Waals surface area contributed by atoms with E-state index in [2.05, 4.69) is 29.2 Å². The summed E-state index contributed by atoms with van der Waals surface area (Å²) in [7, 11) is 1.77. The Hall–Kier alpha value is -0.770. The van der Waals surface area contributed by atoms with Gasteiger partial charge in [-0.15, -0.1) is 0 Å². The Labute approximate surface area is 80.2 Å². The van der Waals surface area contributed by atoms with Crippen molar-refractivity contribution in [2.45, 2.75) is 32.7 Å². The van der Waals surface area contributed by atoms with E-state index in [1.165, 1.54) is 12.8 Å². The van der Waals surface area contributed by atoms with E-state index >= 15 is 0 Å². The zero-order chi connectivity index (χ0) is 9.84. The molecule has 4 heteroatoms. The van der Waals surface area contributed by atoms with Crippen LogP contribution in [-0.4, -0.2) is 30.5 Å². The molecule has 1 unspecified atom stereocenters. The van der Waals surface area contributed by atoms with Gasteiger partial charge < -0.3 is 4.90 Å². The van der Waals surface area contributed by atoms with Crippen molar-refractivity contribution in [3.8, 4) is 0 Å². The first-order valence-corrected chi connectivity index (χ1v) is 4.90. The molecule has 0 bridgehead atoms. The molecule has 0 aromatic carbocycles. The van der Waals surface area contributed by atoms with E-state index in [1.54, 1.807) is 7.05 Å². The lowest BCUT2D eigenvalue weighted by Crippen LogP contribution is -2.48. The average molecular weight is 184 g/mol. The van der Waals surface area contributed by atoms with Crippen LogP contribution in [0.15, 0.2) is 4.99 Å². The minimum atomic E-state index is 0.592. The quantitative estimate of drug-likeness (QED) is 0.271. The zero-order valence-corrected chi connectivity index (χ0v) is 8.75. The van der Waals surface area contributed by atoms with Crippen molar-refractivity contribution < 1.29 is 0 Å². The third kappa shape index (κ3) is 2.12. The highest BCUT2D eigenvalue weighted by molar-refractivity contribution is 5.79. The Bertz CT molecular complexity index is 188. The van der Waals surface area contributed by atoms with Gasteiger partial charge in [-0.3, -0.25) is 10.4 Å². The van der Waals surface area contributed by atoms with Crippen molar-refractivity contribution >= 4 is 5.96 Å². The van der Waals surface area contributed by atoms with Crippen LogP contribution in [0.25, 0.3) is 0 Å². The molecule has 1 heterocycles. The molecule has 0 amide bonds. The van der Waals surface area contributed by atoms with Gasteiger partial charge in [-0.2, -0.15) is 0 Å². The maximum Gasteiger partial charge on any atom is 0.208 e. The van der Waals surface area contributed by atoms with E-state index in [0.717, 1.165) is 12.5 Å². The first-order chi connectivity index (χ1) is 6.20. The predicted octanol–water partition coefficient (Wildman–Crippen LogP) is 0.556. The molecule has 4 nitrogen and oxygen atoms in total. The molecule has 1 rings (SSSR count). The van der Waals surface area contributed by atoms with Gasteiger partial charge in [0, 0.05) is 19.6 Å². The zero-order valence-electron chi connectivity index (χ0n) is 8.75. The topological polar surface area (TPSA) is 53.6 Å². The molecule has 1 atom stereocenters. The molecule has 1 fully saturated rings. The first-order valence-electron chi connectivity index (χ1n) is 4.90. The molecule has 13 heavy (non-hydrogen) atoms. The van der Waals surface area contributed by atoms with Crippen LogP contribution in [0.5, 0.6) is 0 Å². The second kappa shape index (κ2) is 4.46. The van der Waals surface area contributed by atoms with Crippen LogP contribution >= 0.6 is 0 Å². The van der Waals surface area contributed by atoms with Crippen LogP contribution in [-0.2, 0) is 0 Å². The molecule has 1 aliphatic rings. The van der Waals surface area contributed by atoms with Crippen molar-refractivity contribution in [2.75, 3.05) is 13.6 Å². The normalized spacial score (nSPS) is 24.2. The average Bonchev–Trinajstić information content (AvgIpc) is 2.55. The highest BCUT2D eigenvalue weighted by Crippen LogP contribution is 2.23. The van der Waals surface area contributed by atoms with Gasteiger partial charge in [-0.1, -0.05) is 13.8 Å². The van der Waals surface area contributed by atoms with E-state index in [-0.39, 0.29) is 0 Å². The fourth-order valence-corrected chi connectivity index (χ4v) is 2.02. The Morgan fingerprint density at radius 1 is 1.62 bits per heavy atom. The minimum absolute atomic E-state index is 0.592. The lowest BCUT2D eigenvalue weighted by molar-refractivity contribution is 0.300. The van der Waals surface area contributed by atoms with Crippen LogP contribution in [0.3, 0.4) is 0 Å². The van der Waals surface area contributed by atoms with Crippen LogP contribution in [0.2, 0.25) is 0 Å². The Balaban J connectivity index is 2.67. The maximum absolute atomic E-state index is 5.40. The van der Waals surface area contributed by atoms with Crippen molar-refractivity contribution in [3.05, 3.63) is 0 Å². The molecule has 0 saturated carbocycles. The Kier molecular flexibility index (Phi) is 3.54. The smallest absolute Gasteiger partial charge is 0.208 e. The summed E-state index contributed by atoms with van der Waals surface area (Å²) in [5, 5.41) is 0. The van der Waals surface area contributed by atoms with Crippen molar-refractivity contribution in [3.63, 3.8) is 0 Å². The van der Waals surface area contributed by atoms with Crippen LogP contribution in [0, 0.1) is 5.92 Å². The van der Waals surface area contributed by atoms with E-state index in [0.29, 0.717) is 12.0 Å². The number of nitrogens with zero attached hydrogens (tertiary/aromatic N) is 2. The maximum atomic E-state index is 5.40. The standard InChI is InChI=1S/C9H20N4/c1-7(2)8-5-4-6-13(8)9(11-3)12-10/h7-8H,4-6,10H2,1-3H3,(H,11,12). The summed E-state index contributed by atoms with van der Waals surface area (Å²) in [6, 6.07) is 0.592. The lowest BCUT2D eigenvalue weighted by atomic mass is 10.0. The largest absolute Gasteiger partial charge is 0.339 e. The van der Waals surface area contributed by atoms with Gasteiger partial charge >= 0.3 is 0 Å². The second-order valence-electron chi connectivity index (χ2n) is 3.84. The molecule has 0 aliphatic carbocycles. The minimum Gasteiger partial charge on any atom is -0.339 e. The van der Waals surface area contributed by atoms with E-state index in [1.807, 2.05) is 0 Å². The van der Waals surface area contributed by atoms with Crippen molar-refractivity contribution in [1.82, 2.24) is 10.3 Å². The number of likely N-dealkylation sites (tertiary alicyclic amines) is 1. The first kappa shape index (κ1) is 10.3. The number of hydrazine groups is 1. The van der Waals surface area contributed by atoms with Gasteiger partial charge in [0.1, 0.15) is 0 Å². The fourth-order valence-electron chi connectivity index (χ4n) is 2.02. The molecule has 0 aromatic rings. The number of rotatable bonds is 1. The molecular formula is C9H20N4. The summed E-state index contributed by atoms with van der Waals surface area (Å²) in [6.07, 6.45) is 2.49. The van der Waals surface area contributed by atoms with Crippen LogP contribution < -0.4 is 11.3 Å². The van der Waals surface area contributed by atoms with Crippen LogP contribution in [0.4, 0.5) is 0 Å². The summed E-state index contributed by atoms with van der Waals surface area (Å²) < 4.78 is 0. The fraction of sp³-hybridized carbons (Fsp3) is 0.889. The van der Waals surface area contributed by atoms with Gasteiger partial charge in [-0.05, 0) is 18.8 Å². The number of aliphatic imine (C=N–C) groups is 1. The summed E-state index contributed by atoms with van der Waals surface area (Å²) in [6.45, 7) is 5.55. The van der Waals surface area contributed by atoms with E-state index < -0.39 is 0 Å². The Morgan fingerprint density at radius 3 is 2.77 bits per heavy atom. The van der Waals surface area contributed by atoms with Gasteiger partial charge in [-0.25, -0.2) is 5.84 Å². The van der Waals surface area contributed by atoms with E-state index in [9.17, 15) is 0 Å². The third-order valence-corrected chi connectivity index (χ3v) is 2.68. The van der Waals surface area contributed by atoms with Crippen molar-refractivity contribution in [2.24, 2.45) is 16.8 Å². The van der Waals surface area contributed by atoms with E-state index in [4.69, 9.17) is 5.84 Å². The second-order valence-corrected chi connectivity index (χ2v) is 3.84. The molecule has 1 saturated heterocycles. The van der Waals surface area contributed by atoms with Crippen molar-refractivity contribution in [1.29, 1.82) is 0 Å². The number of nitrogens with one attached hydrogen (secondary N) is 1. The Morgan fingerprint density at radius 2 is 2.31 bits per heavy atom. The summed E-state index contributed by atoms with van der Waals surface area (Å²) in [5.74, 6) is 6.88. The number of guanidine groups is 1. The monoisotopic (exact) mass is 184 g/mol. The number of hydrogen-bond acceptors (Lipinski definition) is 2. The number of nitrogens with two attached hydrogens (primary N) is 1. The SMILES string of the molecule is CN=C(NN)N1CCCC1C(C)C. The van der Waals surface area contributed by atoms with Crippen LogP contribution in [0.1, 0.15) is 26.7 Å². The van der Waals surface area contributed by atoms with Gasteiger partial charge in [0.05, 0.1) is 0 Å². The molecule has 1 aliphatic heterocycles. The summed E-state index contributed by atoms with van der Waals surface area (Å²) in [5.41, 5.74) is 2.65. The molecule has 76 valence electrons. The van der Waals surface area contributed by atoms with Gasteiger partial charge in [0.25, 0.3) is 0 Å². The highest BCUT2D eigenvalue weighted by atomic mass is 15.4. The van der Waals surface area contributed by atoms with Gasteiger partial charge in [0.2, 0.25) is 5.96 Å². The van der Waals surface area contributed by atoms with Gasteiger partial charge in [0.15, 0.2) is 0 Å². The molecule has 0 aromatic heterocycles. The molecule has 0 radical (unpaired) electrons. The molecule has 3 N–H and O–H groups in total. The lowest BCUT2D eigenvalue weighted by Gasteiger charge is -2.29.